The minimum Gasteiger partial charge on any atom is -0.478 e. The molecule has 0 spiro atoms. The number of carboxylic acids is 1. The summed E-state index contributed by atoms with van der Waals surface area (Å²) >= 11 is 4.97. The van der Waals surface area contributed by atoms with E-state index in [1.807, 2.05) is 6.07 Å². The quantitative estimate of drug-likeness (QED) is 0.849. The van der Waals surface area contributed by atoms with E-state index in [4.69, 9.17) is 0 Å². The van der Waals surface area contributed by atoms with Crippen molar-refractivity contribution in [2.24, 2.45) is 0 Å². The average molecular weight is 340 g/mol. The molecule has 0 saturated carbocycles. The SMILES string of the molecule is CCc1ccsc1CNc1cccc(Br)c1C(=O)O. The lowest BCUT2D eigenvalue weighted by Crippen LogP contribution is -2.07. The van der Waals surface area contributed by atoms with Crippen molar-refractivity contribution in [2.45, 2.75) is 19.9 Å². The molecule has 0 aliphatic rings. The summed E-state index contributed by atoms with van der Waals surface area (Å²) < 4.78 is 0.590. The number of hydrogen-bond acceptors (Lipinski definition) is 3. The van der Waals surface area contributed by atoms with Crippen molar-refractivity contribution in [2.75, 3.05) is 5.32 Å². The Morgan fingerprint density at radius 3 is 2.89 bits per heavy atom. The zero-order valence-electron chi connectivity index (χ0n) is 10.4. The Kier molecular flexibility index (Phi) is 4.61. The van der Waals surface area contributed by atoms with E-state index in [9.17, 15) is 9.90 Å². The van der Waals surface area contributed by atoms with E-state index in [-0.39, 0.29) is 5.56 Å². The normalized spacial score (nSPS) is 10.4. The first kappa shape index (κ1) is 14.1. The molecule has 1 aromatic carbocycles. The topological polar surface area (TPSA) is 49.3 Å². The first-order valence-corrected chi connectivity index (χ1v) is 7.61. The molecule has 3 nitrogen and oxygen atoms in total. The molecular formula is C14H14BrNO2S. The van der Waals surface area contributed by atoms with Crippen molar-refractivity contribution in [3.05, 3.63) is 50.1 Å². The van der Waals surface area contributed by atoms with E-state index in [0.717, 1.165) is 6.42 Å². The largest absolute Gasteiger partial charge is 0.478 e. The first-order chi connectivity index (χ1) is 9.13. The summed E-state index contributed by atoms with van der Waals surface area (Å²) in [6, 6.07) is 7.46. The van der Waals surface area contributed by atoms with Gasteiger partial charge in [0.15, 0.2) is 0 Å². The van der Waals surface area contributed by atoms with Crippen molar-refractivity contribution < 1.29 is 9.90 Å². The lowest BCUT2D eigenvalue weighted by molar-refractivity contribution is 0.0697. The summed E-state index contributed by atoms with van der Waals surface area (Å²) in [6.45, 7) is 2.77. The Morgan fingerprint density at radius 2 is 2.21 bits per heavy atom. The van der Waals surface area contributed by atoms with E-state index < -0.39 is 5.97 Å². The van der Waals surface area contributed by atoms with Crippen molar-refractivity contribution in [3.8, 4) is 0 Å². The van der Waals surface area contributed by atoms with Crippen LogP contribution in [0.1, 0.15) is 27.7 Å². The highest BCUT2D eigenvalue weighted by Crippen LogP contribution is 2.26. The minimum atomic E-state index is -0.933. The number of thiophene rings is 1. The predicted molar refractivity (Wildman–Crippen MR) is 82.1 cm³/mol. The van der Waals surface area contributed by atoms with Gasteiger partial charge in [-0.15, -0.1) is 11.3 Å². The van der Waals surface area contributed by atoms with Crippen LogP contribution in [-0.4, -0.2) is 11.1 Å². The number of anilines is 1. The zero-order chi connectivity index (χ0) is 13.8. The van der Waals surface area contributed by atoms with Gasteiger partial charge in [-0.3, -0.25) is 0 Å². The number of benzene rings is 1. The molecule has 0 atom stereocenters. The van der Waals surface area contributed by atoms with Gasteiger partial charge in [-0.1, -0.05) is 13.0 Å². The Labute approximate surface area is 124 Å². The molecule has 2 N–H and O–H groups in total. The van der Waals surface area contributed by atoms with E-state index >= 15 is 0 Å². The number of carboxylic acid groups (broad SMARTS) is 1. The second kappa shape index (κ2) is 6.21. The van der Waals surface area contributed by atoms with Crippen molar-refractivity contribution >= 4 is 38.9 Å². The molecule has 0 aliphatic heterocycles. The maximum Gasteiger partial charge on any atom is 0.338 e. The molecule has 0 unspecified atom stereocenters. The van der Waals surface area contributed by atoms with Gasteiger partial charge in [0.2, 0.25) is 0 Å². The minimum absolute atomic E-state index is 0.275. The third-order valence-corrected chi connectivity index (χ3v) is 4.51. The van der Waals surface area contributed by atoms with Crippen LogP contribution in [-0.2, 0) is 13.0 Å². The van der Waals surface area contributed by atoms with Crippen molar-refractivity contribution in [3.63, 3.8) is 0 Å². The lowest BCUT2D eigenvalue weighted by atomic mass is 10.1. The summed E-state index contributed by atoms with van der Waals surface area (Å²) in [7, 11) is 0. The van der Waals surface area contributed by atoms with Crippen LogP contribution in [0.4, 0.5) is 5.69 Å². The van der Waals surface area contributed by atoms with Crippen LogP contribution in [0.25, 0.3) is 0 Å². The van der Waals surface area contributed by atoms with Gasteiger partial charge in [-0.2, -0.15) is 0 Å². The molecule has 0 amide bonds. The molecule has 0 radical (unpaired) electrons. The number of hydrogen-bond donors (Lipinski definition) is 2. The van der Waals surface area contributed by atoms with E-state index in [1.54, 1.807) is 23.5 Å². The smallest absolute Gasteiger partial charge is 0.338 e. The van der Waals surface area contributed by atoms with Crippen LogP contribution < -0.4 is 5.32 Å². The molecule has 2 aromatic rings. The molecule has 1 aromatic heterocycles. The van der Waals surface area contributed by atoms with Gasteiger partial charge in [-0.25, -0.2) is 4.79 Å². The summed E-state index contributed by atoms with van der Waals surface area (Å²) in [5.74, 6) is -0.933. The van der Waals surface area contributed by atoms with Crippen LogP contribution in [0.5, 0.6) is 0 Å². The van der Waals surface area contributed by atoms with Crippen LogP contribution in [0, 0.1) is 0 Å². The van der Waals surface area contributed by atoms with Crippen LogP contribution in [0.15, 0.2) is 34.1 Å². The Bertz CT molecular complexity index is 595. The van der Waals surface area contributed by atoms with Crippen LogP contribution >= 0.6 is 27.3 Å². The number of nitrogens with one attached hydrogen (secondary N) is 1. The van der Waals surface area contributed by atoms with E-state index in [1.165, 1.54) is 10.4 Å². The summed E-state index contributed by atoms with van der Waals surface area (Å²) in [5, 5.41) is 14.5. The standard InChI is InChI=1S/C14H14BrNO2S/c1-2-9-6-7-19-12(9)8-16-11-5-3-4-10(15)13(11)14(17)18/h3-7,16H,2,8H2,1H3,(H,17,18). The molecular weight excluding hydrogens is 326 g/mol. The molecule has 0 saturated heterocycles. The maximum atomic E-state index is 11.3. The van der Waals surface area contributed by atoms with Gasteiger partial charge in [0.05, 0.1) is 11.3 Å². The fraction of sp³-hybridized carbons (Fsp3) is 0.214. The third-order valence-electron chi connectivity index (χ3n) is 2.89. The molecule has 0 bridgehead atoms. The second-order valence-electron chi connectivity index (χ2n) is 4.04. The molecule has 0 aliphatic carbocycles. The van der Waals surface area contributed by atoms with Crippen LogP contribution in [0.3, 0.4) is 0 Å². The van der Waals surface area contributed by atoms with Gasteiger partial charge >= 0.3 is 5.97 Å². The van der Waals surface area contributed by atoms with Crippen LogP contribution in [0.2, 0.25) is 0 Å². The fourth-order valence-electron chi connectivity index (χ4n) is 1.90. The number of rotatable bonds is 5. The summed E-state index contributed by atoms with van der Waals surface area (Å²) in [4.78, 5) is 12.5. The first-order valence-electron chi connectivity index (χ1n) is 5.94. The van der Waals surface area contributed by atoms with Gasteiger partial charge in [0, 0.05) is 15.9 Å². The number of aryl methyl sites for hydroxylation is 1. The molecule has 0 fully saturated rings. The van der Waals surface area contributed by atoms with E-state index in [0.29, 0.717) is 16.7 Å². The monoisotopic (exact) mass is 339 g/mol. The van der Waals surface area contributed by atoms with Gasteiger partial charge in [0.1, 0.15) is 0 Å². The maximum absolute atomic E-state index is 11.3. The summed E-state index contributed by atoms with van der Waals surface area (Å²) in [5.41, 5.74) is 2.22. The fourth-order valence-corrected chi connectivity index (χ4v) is 3.35. The lowest BCUT2D eigenvalue weighted by Gasteiger charge is -2.11. The molecule has 1 heterocycles. The molecule has 5 heteroatoms. The number of aromatic carboxylic acids is 1. The second-order valence-corrected chi connectivity index (χ2v) is 5.90. The number of carbonyl (C=O) groups is 1. The van der Waals surface area contributed by atoms with Crippen molar-refractivity contribution in [1.82, 2.24) is 0 Å². The number of halogens is 1. The predicted octanol–water partition coefficient (Wildman–Crippen LogP) is 4.38. The molecule has 100 valence electrons. The molecule has 2 rings (SSSR count). The van der Waals surface area contributed by atoms with Gasteiger partial charge < -0.3 is 10.4 Å². The van der Waals surface area contributed by atoms with E-state index in [2.05, 4.69) is 39.6 Å². The highest BCUT2D eigenvalue weighted by atomic mass is 79.9. The van der Waals surface area contributed by atoms with Gasteiger partial charge in [0.25, 0.3) is 0 Å². The summed E-state index contributed by atoms with van der Waals surface area (Å²) in [6.07, 6.45) is 0.991. The molecule has 19 heavy (non-hydrogen) atoms. The highest BCUT2D eigenvalue weighted by Gasteiger charge is 2.14. The zero-order valence-corrected chi connectivity index (χ0v) is 12.8. The van der Waals surface area contributed by atoms with Gasteiger partial charge in [-0.05, 0) is 51.5 Å². The Morgan fingerprint density at radius 1 is 1.42 bits per heavy atom. The Balaban J connectivity index is 2.20. The average Bonchev–Trinajstić information content (AvgIpc) is 2.83. The Hall–Kier alpha value is -1.33. The van der Waals surface area contributed by atoms with Crippen molar-refractivity contribution in [1.29, 1.82) is 0 Å². The third kappa shape index (κ3) is 3.16. The highest BCUT2D eigenvalue weighted by molar-refractivity contribution is 9.10.